The minimum atomic E-state index is -2.67. The molecule has 11 heavy (non-hydrogen) atoms. The molecule has 3 N–H and O–H groups in total. The lowest BCUT2D eigenvalue weighted by Crippen LogP contribution is -1.86. The van der Waals surface area contributed by atoms with Crippen LogP contribution < -0.4 is 5.73 Å². The lowest BCUT2D eigenvalue weighted by atomic mass is 10.7. The molecular formula is C5H11N3O2S. The second-order valence-corrected chi connectivity index (χ2v) is 4.44. The maximum Gasteiger partial charge on any atom is 0.144 e. The Morgan fingerprint density at radius 2 is 2.00 bits per heavy atom. The van der Waals surface area contributed by atoms with Crippen molar-refractivity contribution in [3.05, 3.63) is 12.3 Å². The van der Waals surface area contributed by atoms with Gasteiger partial charge in [0.05, 0.1) is 6.20 Å². The van der Waals surface area contributed by atoms with E-state index < -0.39 is 9.84 Å². The van der Waals surface area contributed by atoms with E-state index in [-0.39, 0.29) is 0 Å². The molecule has 64 valence electrons. The Kier molecular flexibility index (Phi) is 3.59. The van der Waals surface area contributed by atoms with Gasteiger partial charge in [0.1, 0.15) is 15.7 Å². The molecule has 0 radical (unpaired) electrons. The summed E-state index contributed by atoms with van der Waals surface area (Å²) in [7, 11) is -2.67. The van der Waals surface area contributed by atoms with Crippen LogP contribution in [0.4, 0.5) is 5.82 Å². The summed E-state index contributed by atoms with van der Waals surface area (Å²) < 4.78 is 19.3. The zero-order chi connectivity index (χ0) is 8.91. The maximum absolute atomic E-state index is 9.63. The van der Waals surface area contributed by atoms with Crippen molar-refractivity contribution in [3.63, 3.8) is 0 Å². The van der Waals surface area contributed by atoms with Gasteiger partial charge in [-0.05, 0) is 6.07 Å². The second kappa shape index (κ2) is 3.97. The second-order valence-electron chi connectivity index (χ2n) is 2.15. The van der Waals surface area contributed by atoms with Crippen LogP contribution >= 0.6 is 0 Å². The number of hydrogen-bond acceptors (Lipinski definition) is 4. The number of H-pyrrole nitrogens is 1. The number of hydrogen-bond donors (Lipinski definition) is 2. The SMILES string of the molecule is CS(C)(=O)=O.Nc1ccn[nH]1. The Morgan fingerprint density at radius 3 is 2.09 bits per heavy atom. The van der Waals surface area contributed by atoms with Crippen molar-refractivity contribution in [1.29, 1.82) is 0 Å². The minimum absolute atomic E-state index is 0.606. The third-order valence-corrected chi connectivity index (χ3v) is 0.522. The van der Waals surface area contributed by atoms with Crippen molar-refractivity contribution < 1.29 is 8.42 Å². The van der Waals surface area contributed by atoms with Crippen LogP contribution in [0.3, 0.4) is 0 Å². The van der Waals surface area contributed by atoms with E-state index in [1.807, 2.05) is 0 Å². The van der Waals surface area contributed by atoms with Crippen molar-refractivity contribution in [2.75, 3.05) is 18.2 Å². The highest BCUT2D eigenvalue weighted by molar-refractivity contribution is 7.89. The average Bonchev–Trinajstić information content (AvgIpc) is 2.12. The molecule has 0 aliphatic heterocycles. The number of anilines is 1. The summed E-state index contributed by atoms with van der Waals surface area (Å²) in [5.41, 5.74) is 5.16. The molecule has 0 unspecified atom stereocenters. The highest BCUT2D eigenvalue weighted by Gasteiger charge is 1.79. The first-order valence-corrected chi connectivity index (χ1v) is 5.09. The van der Waals surface area contributed by atoms with Gasteiger partial charge in [-0.25, -0.2) is 8.42 Å². The smallest absolute Gasteiger partial charge is 0.144 e. The molecule has 0 spiro atoms. The Morgan fingerprint density at radius 1 is 1.55 bits per heavy atom. The fourth-order valence-corrected chi connectivity index (χ4v) is 0.267. The topological polar surface area (TPSA) is 88.8 Å². The molecule has 0 amide bonds. The first-order valence-electron chi connectivity index (χ1n) is 2.79. The van der Waals surface area contributed by atoms with Crippen LogP contribution in [0, 0.1) is 0 Å². The minimum Gasteiger partial charge on any atom is -0.384 e. The number of aromatic amines is 1. The molecule has 1 aromatic heterocycles. The van der Waals surface area contributed by atoms with Gasteiger partial charge in [-0.3, -0.25) is 5.10 Å². The number of nitrogens with one attached hydrogen (secondary N) is 1. The van der Waals surface area contributed by atoms with Crippen molar-refractivity contribution in [2.24, 2.45) is 0 Å². The van der Waals surface area contributed by atoms with E-state index in [0.29, 0.717) is 5.82 Å². The van der Waals surface area contributed by atoms with E-state index >= 15 is 0 Å². The predicted octanol–water partition coefficient (Wildman–Crippen LogP) is -0.347. The zero-order valence-corrected chi connectivity index (χ0v) is 7.22. The monoisotopic (exact) mass is 177 g/mol. The quantitative estimate of drug-likeness (QED) is 0.567. The summed E-state index contributed by atoms with van der Waals surface area (Å²) in [6.07, 6.45) is 3.93. The highest BCUT2D eigenvalue weighted by Crippen LogP contribution is 1.86. The molecule has 0 fully saturated rings. The summed E-state index contributed by atoms with van der Waals surface area (Å²) in [5.74, 6) is 0.606. The lowest BCUT2D eigenvalue weighted by Gasteiger charge is -1.70. The summed E-state index contributed by atoms with van der Waals surface area (Å²) >= 11 is 0. The van der Waals surface area contributed by atoms with Gasteiger partial charge in [-0.15, -0.1) is 0 Å². The largest absolute Gasteiger partial charge is 0.384 e. The summed E-state index contributed by atoms with van der Waals surface area (Å²) in [6.45, 7) is 0. The Bertz CT molecular complexity index is 269. The molecule has 1 rings (SSSR count). The molecule has 0 aromatic carbocycles. The number of aromatic nitrogens is 2. The van der Waals surface area contributed by atoms with Crippen molar-refractivity contribution >= 4 is 15.7 Å². The number of nitrogen functional groups attached to an aromatic ring is 1. The highest BCUT2D eigenvalue weighted by atomic mass is 32.2. The predicted molar refractivity (Wildman–Crippen MR) is 43.8 cm³/mol. The summed E-state index contributed by atoms with van der Waals surface area (Å²) in [5, 5.41) is 6.10. The first-order chi connectivity index (χ1) is 4.89. The fraction of sp³-hybridized carbons (Fsp3) is 0.400. The summed E-state index contributed by atoms with van der Waals surface area (Å²) in [6, 6.07) is 1.69. The van der Waals surface area contributed by atoms with E-state index in [1.54, 1.807) is 12.3 Å². The Balaban J connectivity index is 0.000000187. The van der Waals surface area contributed by atoms with Crippen LogP contribution in [0.2, 0.25) is 0 Å². The van der Waals surface area contributed by atoms with Crippen LogP contribution in [0.15, 0.2) is 12.3 Å². The number of nitrogens with zero attached hydrogens (tertiary/aromatic N) is 1. The van der Waals surface area contributed by atoms with E-state index in [2.05, 4.69) is 10.2 Å². The van der Waals surface area contributed by atoms with E-state index in [4.69, 9.17) is 5.73 Å². The van der Waals surface area contributed by atoms with Crippen LogP contribution in [0.5, 0.6) is 0 Å². The zero-order valence-electron chi connectivity index (χ0n) is 6.40. The summed E-state index contributed by atoms with van der Waals surface area (Å²) in [4.78, 5) is 0. The van der Waals surface area contributed by atoms with Crippen molar-refractivity contribution in [1.82, 2.24) is 10.2 Å². The third-order valence-electron chi connectivity index (χ3n) is 0.522. The van der Waals surface area contributed by atoms with Gasteiger partial charge in [-0.2, -0.15) is 5.10 Å². The van der Waals surface area contributed by atoms with Gasteiger partial charge >= 0.3 is 0 Å². The lowest BCUT2D eigenvalue weighted by molar-refractivity contribution is 0.607. The van der Waals surface area contributed by atoms with Crippen molar-refractivity contribution in [2.45, 2.75) is 0 Å². The molecule has 0 saturated carbocycles. The third kappa shape index (κ3) is 12.2. The Labute approximate surface area is 65.5 Å². The van der Waals surface area contributed by atoms with E-state index in [9.17, 15) is 8.42 Å². The van der Waals surface area contributed by atoms with Crippen LogP contribution in [0.1, 0.15) is 0 Å². The standard InChI is InChI=1S/C3H5N3.C2H6O2S/c4-3-1-2-5-6-3;1-5(2,3)4/h1-2H,(H3,4,5,6);1-2H3. The molecule has 0 aliphatic carbocycles. The average molecular weight is 177 g/mol. The van der Waals surface area contributed by atoms with Gasteiger partial charge in [0.15, 0.2) is 0 Å². The Hall–Kier alpha value is -1.04. The van der Waals surface area contributed by atoms with Crippen LogP contribution in [-0.2, 0) is 9.84 Å². The molecule has 5 nitrogen and oxygen atoms in total. The van der Waals surface area contributed by atoms with Crippen molar-refractivity contribution in [3.8, 4) is 0 Å². The molecule has 0 atom stereocenters. The van der Waals surface area contributed by atoms with Gasteiger partial charge in [0.2, 0.25) is 0 Å². The maximum atomic E-state index is 9.63. The van der Waals surface area contributed by atoms with Crippen LogP contribution in [-0.4, -0.2) is 31.1 Å². The molecule has 0 saturated heterocycles. The molecular weight excluding hydrogens is 166 g/mol. The molecule has 0 aliphatic rings. The van der Waals surface area contributed by atoms with Gasteiger partial charge < -0.3 is 5.73 Å². The molecule has 1 aromatic rings. The van der Waals surface area contributed by atoms with E-state index in [0.717, 1.165) is 12.5 Å². The van der Waals surface area contributed by atoms with Gasteiger partial charge in [-0.1, -0.05) is 0 Å². The first kappa shape index (κ1) is 9.96. The van der Waals surface area contributed by atoms with Gasteiger partial charge in [0.25, 0.3) is 0 Å². The van der Waals surface area contributed by atoms with Crippen LogP contribution in [0.25, 0.3) is 0 Å². The number of sulfone groups is 1. The molecule has 0 bridgehead atoms. The van der Waals surface area contributed by atoms with Gasteiger partial charge in [0, 0.05) is 12.5 Å². The number of rotatable bonds is 0. The normalized spacial score (nSPS) is 10.0. The number of nitrogens with two attached hydrogens (primary N) is 1. The molecule has 6 heteroatoms. The van der Waals surface area contributed by atoms with E-state index in [1.165, 1.54) is 0 Å². The fourth-order valence-electron chi connectivity index (χ4n) is 0.267. The molecule has 1 heterocycles.